The predicted molar refractivity (Wildman–Crippen MR) is 106 cm³/mol. The van der Waals surface area contributed by atoms with Crippen molar-refractivity contribution in [3.63, 3.8) is 0 Å². The van der Waals surface area contributed by atoms with Gasteiger partial charge in [0.15, 0.2) is 0 Å². The molecule has 2 aliphatic rings. The van der Waals surface area contributed by atoms with Gasteiger partial charge in [-0.05, 0) is 61.8 Å². The fraction of sp³-hybridized carbons (Fsp3) is 0.600. The summed E-state index contributed by atoms with van der Waals surface area (Å²) in [5.41, 5.74) is 9.12. The number of carbonyl (C=O) groups excluding carboxylic acids is 2. The summed E-state index contributed by atoms with van der Waals surface area (Å²) in [7, 11) is 0. The Morgan fingerprint density at radius 2 is 2.08 bits per heavy atom. The number of likely N-dealkylation sites (tertiary alicyclic amines) is 1. The second-order valence-electron chi connectivity index (χ2n) is 7.34. The monoisotopic (exact) mass is 379 g/mol. The lowest BCUT2D eigenvalue weighted by molar-refractivity contribution is -0.136. The molecule has 5 nitrogen and oxygen atoms in total. The van der Waals surface area contributed by atoms with Crippen LogP contribution in [-0.2, 0) is 16.0 Å². The second-order valence-corrected chi connectivity index (χ2v) is 7.34. The van der Waals surface area contributed by atoms with E-state index >= 15 is 0 Å². The van der Waals surface area contributed by atoms with E-state index in [2.05, 4.69) is 5.32 Å². The molecule has 2 amide bonds. The number of halogens is 1. The number of piperidine rings is 1. The van der Waals surface area contributed by atoms with Crippen LogP contribution in [0.3, 0.4) is 0 Å². The van der Waals surface area contributed by atoms with Crippen LogP contribution in [0.1, 0.15) is 62.6 Å². The molecule has 0 saturated carbocycles. The number of nitrogens with zero attached hydrogens (tertiary/aromatic N) is 1. The molecular formula is C20H30ClN3O2. The summed E-state index contributed by atoms with van der Waals surface area (Å²) in [5, 5.41) is 3.24. The maximum absolute atomic E-state index is 12.8. The third-order valence-corrected chi connectivity index (χ3v) is 5.41. The number of hydrogen-bond donors (Lipinski definition) is 2. The van der Waals surface area contributed by atoms with Gasteiger partial charge in [-0.3, -0.25) is 9.59 Å². The van der Waals surface area contributed by atoms with E-state index in [1.165, 1.54) is 11.1 Å². The smallest absolute Gasteiger partial charge is 0.225 e. The number of nitrogens with two attached hydrogens (primary N) is 1. The van der Waals surface area contributed by atoms with Crippen LogP contribution in [0.4, 0.5) is 5.69 Å². The molecule has 0 bridgehead atoms. The Labute approximate surface area is 162 Å². The van der Waals surface area contributed by atoms with E-state index < -0.39 is 0 Å². The van der Waals surface area contributed by atoms with Crippen molar-refractivity contribution >= 4 is 29.9 Å². The van der Waals surface area contributed by atoms with E-state index in [9.17, 15) is 9.59 Å². The molecule has 1 saturated heterocycles. The minimum atomic E-state index is -0.0892. The van der Waals surface area contributed by atoms with Gasteiger partial charge in [-0.25, -0.2) is 0 Å². The molecule has 1 heterocycles. The number of aryl methyl sites for hydroxylation is 1. The molecule has 1 fully saturated rings. The zero-order valence-electron chi connectivity index (χ0n) is 15.5. The Balaban J connectivity index is 0.00000243. The van der Waals surface area contributed by atoms with Crippen molar-refractivity contribution in [2.24, 2.45) is 5.92 Å². The van der Waals surface area contributed by atoms with Crippen molar-refractivity contribution in [2.75, 3.05) is 18.8 Å². The van der Waals surface area contributed by atoms with E-state index in [1.54, 1.807) is 0 Å². The van der Waals surface area contributed by atoms with Crippen LogP contribution in [0.25, 0.3) is 0 Å². The lowest BCUT2D eigenvalue weighted by Crippen LogP contribution is -2.46. The van der Waals surface area contributed by atoms with Crippen molar-refractivity contribution in [2.45, 2.75) is 57.9 Å². The largest absolute Gasteiger partial charge is 0.399 e. The molecule has 0 radical (unpaired) electrons. The summed E-state index contributed by atoms with van der Waals surface area (Å²) in [6.45, 7) is 3.36. The summed E-state index contributed by atoms with van der Waals surface area (Å²) in [4.78, 5) is 26.8. The molecule has 26 heavy (non-hydrogen) atoms. The van der Waals surface area contributed by atoms with Crippen molar-refractivity contribution in [1.82, 2.24) is 10.2 Å². The van der Waals surface area contributed by atoms with Gasteiger partial charge in [0.2, 0.25) is 11.8 Å². The van der Waals surface area contributed by atoms with E-state index in [-0.39, 0.29) is 36.2 Å². The molecule has 3 N–H and O–H groups in total. The van der Waals surface area contributed by atoms with Crippen LogP contribution in [0.2, 0.25) is 0 Å². The number of fused-ring (bicyclic) bond motifs is 1. The maximum Gasteiger partial charge on any atom is 0.225 e. The number of rotatable bonds is 4. The lowest BCUT2D eigenvalue weighted by atomic mass is 9.86. The average molecular weight is 380 g/mol. The van der Waals surface area contributed by atoms with Crippen LogP contribution in [0.15, 0.2) is 18.2 Å². The zero-order valence-corrected chi connectivity index (χ0v) is 16.3. The molecular weight excluding hydrogens is 350 g/mol. The Morgan fingerprint density at radius 3 is 2.85 bits per heavy atom. The van der Waals surface area contributed by atoms with Crippen molar-refractivity contribution in [3.05, 3.63) is 29.3 Å². The van der Waals surface area contributed by atoms with Gasteiger partial charge in [-0.2, -0.15) is 0 Å². The van der Waals surface area contributed by atoms with Crippen molar-refractivity contribution < 1.29 is 9.59 Å². The molecule has 0 aromatic heterocycles. The standard InChI is InChI=1S/C20H29N3O2.ClH/c1-2-5-19(24)23-11-4-7-15(13-23)20(25)22-18-8-3-6-14-12-16(21)9-10-17(14)18;/h9-10,12,15,18H,2-8,11,13,21H2,1H3,(H,22,25);1H. The van der Waals surface area contributed by atoms with Gasteiger partial charge in [0.25, 0.3) is 0 Å². The molecule has 1 aliphatic heterocycles. The van der Waals surface area contributed by atoms with Gasteiger partial charge in [-0.1, -0.05) is 13.0 Å². The van der Waals surface area contributed by atoms with Gasteiger partial charge in [0, 0.05) is 25.2 Å². The summed E-state index contributed by atoms with van der Waals surface area (Å²) in [6, 6.07) is 6.06. The molecule has 1 aromatic rings. The highest BCUT2D eigenvalue weighted by atomic mass is 35.5. The average Bonchev–Trinajstić information content (AvgIpc) is 2.62. The van der Waals surface area contributed by atoms with E-state index in [1.807, 2.05) is 30.0 Å². The summed E-state index contributed by atoms with van der Waals surface area (Å²) in [6.07, 6.45) is 6.25. The Kier molecular flexibility index (Phi) is 7.33. The molecule has 1 aliphatic carbocycles. The molecule has 2 atom stereocenters. The fourth-order valence-electron chi connectivity index (χ4n) is 4.06. The van der Waals surface area contributed by atoms with Gasteiger partial charge in [0.05, 0.1) is 12.0 Å². The third kappa shape index (κ3) is 4.70. The van der Waals surface area contributed by atoms with Gasteiger partial charge >= 0.3 is 0 Å². The maximum atomic E-state index is 12.8. The van der Waals surface area contributed by atoms with Gasteiger partial charge in [-0.15, -0.1) is 12.4 Å². The lowest BCUT2D eigenvalue weighted by Gasteiger charge is -2.34. The first-order valence-electron chi connectivity index (χ1n) is 9.55. The van der Waals surface area contributed by atoms with E-state index in [4.69, 9.17) is 5.73 Å². The highest BCUT2D eigenvalue weighted by Crippen LogP contribution is 2.31. The number of amides is 2. The molecule has 144 valence electrons. The topological polar surface area (TPSA) is 75.4 Å². The first-order valence-corrected chi connectivity index (χ1v) is 9.55. The van der Waals surface area contributed by atoms with Crippen LogP contribution in [-0.4, -0.2) is 29.8 Å². The van der Waals surface area contributed by atoms with Crippen LogP contribution >= 0.6 is 12.4 Å². The van der Waals surface area contributed by atoms with Crippen LogP contribution in [0, 0.1) is 5.92 Å². The molecule has 1 aromatic carbocycles. The summed E-state index contributed by atoms with van der Waals surface area (Å²) >= 11 is 0. The highest BCUT2D eigenvalue weighted by Gasteiger charge is 2.30. The Bertz CT molecular complexity index is 650. The number of nitrogen functional groups attached to an aromatic ring is 1. The highest BCUT2D eigenvalue weighted by molar-refractivity contribution is 5.85. The van der Waals surface area contributed by atoms with Gasteiger partial charge < -0.3 is 16.0 Å². The number of carbonyl (C=O) groups is 2. The third-order valence-electron chi connectivity index (χ3n) is 5.41. The van der Waals surface area contributed by atoms with Crippen molar-refractivity contribution in [3.8, 4) is 0 Å². The van der Waals surface area contributed by atoms with Crippen molar-refractivity contribution in [1.29, 1.82) is 0 Å². The minimum absolute atomic E-state index is 0. The zero-order chi connectivity index (χ0) is 17.8. The number of nitrogens with one attached hydrogen (secondary N) is 1. The van der Waals surface area contributed by atoms with E-state index in [0.29, 0.717) is 13.0 Å². The number of anilines is 1. The number of benzene rings is 1. The predicted octanol–water partition coefficient (Wildman–Crippen LogP) is 3.22. The van der Waals surface area contributed by atoms with Crippen LogP contribution in [0.5, 0.6) is 0 Å². The van der Waals surface area contributed by atoms with Gasteiger partial charge in [0.1, 0.15) is 0 Å². The first-order chi connectivity index (χ1) is 12.1. The number of hydrogen-bond acceptors (Lipinski definition) is 3. The normalized spacial score (nSPS) is 22.1. The summed E-state index contributed by atoms with van der Waals surface area (Å²) in [5.74, 6) is 0.177. The van der Waals surface area contributed by atoms with Crippen LogP contribution < -0.4 is 11.1 Å². The molecule has 3 rings (SSSR count). The van der Waals surface area contributed by atoms with E-state index in [0.717, 1.165) is 50.8 Å². The Hall–Kier alpha value is -1.75. The first kappa shape index (κ1) is 20.6. The quantitative estimate of drug-likeness (QED) is 0.788. The molecule has 2 unspecified atom stereocenters. The minimum Gasteiger partial charge on any atom is -0.399 e. The Morgan fingerprint density at radius 1 is 1.27 bits per heavy atom. The summed E-state index contributed by atoms with van der Waals surface area (Å²) < 4.78 is 0. The SMILES string of the molecule is CCCC(=O)N1CCCC(C(=O)NC2CCCc3cc(N)ccc32)C1.Cl. The molecule has 6 heteroatoms. The molecule has 0 spiro atoms. The second kappa shape index (κ2) is 9.26. The fourth-order valence-corrected chi connectivity index (χ4v) is 4.06.